The summed E-state index contributed by atoms with van der Waals surface area (Å²) >= 11 is 3.52. The van der Waals surface area contributed by atoms with Gasteiger partial charge < -0.3 is 24.6 Å². The number of alkyl carbamates (subject to hydrolysis) is 1. The van der Waals surface area contributed by atoms with Gasteiger partial charge in [-0.2, -0.15) is 0 Å². The van der Waals surface area contributed by atoms with Crippen molar-refractivity contribution in [2.45, 2.75) is 70.4 Å². The zero-order valence-corrected chi connectivity index (χ0v) is 31.0. The molecule has 2 atom stereocenters. The highest BCUT2D eigenvalue weighted by Crippen LogP contribution is 2.43. The highest BCUT2D eigenvalue weighted by Gasteiger charge is 2.45. The molecule has 11 nitrogen and oxygen atoms in total. The lowest BCUT2D eigenvalue weighted by atomic mass is 9.78. The molecule has 12 heteroatoms. The fourth-order valence-electron chi connectivity index (χ4n) is 6.56. The second kappa shape index (κ2) is 16.0. The topological polar surface area (TPSA) is 154 Å². The van der Waals surface area contributed by atoms with E-state index in [1.807, 2.05) is 48.5 Å². The third-order valence-corrected chi connectivity index (χ3v) is 9.77. The number of nitrogens with zero attached hydrogens (tertiary/aromatic N) is 1. The number of para-hydroxylation sites is 1. The Morgan fingerprint density at radius 1 is 0.904 bits per heavy atom. The number of carbonyl (C=O) groups excluding carboxylic acids is 2. The Morgan fingerprint density at radius 2 is 1.58 bits per heavy atom. The molecule has 2 aliphatic carbocycles. The van der Waals surface area contributed by atoms with E-state index >= 15 is 0 Å². The van der Waals surface area contributed by atoms with Gasteiger partial charge in [-0.3, -0.25) is 14.9 Å². The number of hydrogen-bond donors (Lipinski definition) is 2. The molecule has 2 unspecified atom stereocenters. The van der Waals surface area contributed by atoms with Gasteiger partial charge in [0.05, 0.1) is 18.0 Å². The number of aliphatic carboxylic acids is 1. The molecule has 0 radical (unpaired) electrons. The minimum Gasteiger partial charge on any atom is -0.481 e. The number of amides is 1. The molecule has 0 spiro atoms. The summed E-state index contributed by atoms with van der Waals surface area (Å²) < 4.78 is 17.4. The Morgan fingerprint density at radius 3 is 2.25 bits per heavy atom. The fourth-order valence-corrected chi connectivity index (χ4v) is 7.05. The predicted molar refractivity (Wildman–Crippen MR) is 198 cm³/mol. The number of carboxylic acid groups (broad SMARTS) is 1. The van der Waals surface area contributed by atoms with Crippen molar-refractivity contribution in [3.63, 3.8) is 0 Å². The SMILES string of the molecule is COC(=O)C1(NC(=O)OC(C)(C)C)CCc2ccc(Oc3c(-c4ccccc4Br)cccc3[N+](=O)[O-])cc2C1.O=C(O)C1CCc2ccccc2C1. The number of halogens is 1. The predicted octanol–water partition coefficient (Wildman–Crippen LogP) is 8.62. The lowest BCUT2D eigenvalue weighted by molar-refractivity contribution is -0.385. The molecule has 0 aliphatic heterocycles. The zero-order valence-electron chi connectivity index (χ0n) is 29.4. The number of fused-ring (bicyclic) bond motifs is 2. The lowest BCUT2D eigenvalue weighted by Gasteiger charge is -2.36. The molecule has 6 rings (SSSR count). The maximum absolute atomic E-state index is 12.9. The minimum absolute atomic E-state index is 0.0938. The summed E-state index contributed by atoms with van der Waals surface area (Å²) in [5, 5.41) is 23.5. The normalized spacial score (nSPS) is 17.6. The van der Waals surface area contributed by atoms with Crippen LogP contribution < -0.4 is 10.1 Å². The summed E-state index contributed by atoms with van der Waals surface area (Å²) in [6.07, 6.45) is 2.63. The second-order valence-corrected chi connectivity index (χ2v) is 14.7. The quantitative estimate of drug-likeness (QED) is 0.107. The average Bonchev–Trinajstić information content (AvgIpc) is 3.10. The average molecular weight is 774 g/mol. The van der Waals surface area contributed by atoms with Gasteiger partial charge in [-0.05, 0) is 98.9 Å². The molecule has 52 heavy (non-hydrogen) atoms. The summed E-state index contributed by atoms with van der Waals surface area (Å²) in [5.41, 5.74) is 3.28. The smallest absolute Gasteiger partial charge is 0.408 e. The summed E-state index contributed by atoms with van der Waals surface area (Å²) in [7, 11) is 1.27. The first-order chi connectivity index (χ1) is 24.7. The van der Waals surface area contributed by atoms with Crippen LogP contribution >= 0.6 is 15.9 Å². The number of carboxylic acids is 1. The van der Waals surface area contributed by atoms with Crippen molar-refractivity contribution in [2.24, 2.45) is 5.92 Å². The standard InChI is InChI=1S/C29H29BrN2O7.C11H12O2/c1-28(2,3)39-27(34)31-29(26(33)37-4)15-14-18-12-13-20(16-19(18)17-29)38-25-22(9-7-11-24(25)32(35)36)21-8-5-6-10-23(21)30;12-11(13)10-6-5-8-3-1-2-4-9(8)7-10/h5-13,16H,14-15,17H2,1-4H3,(H,31,34);1-4,10H,5-7H2,(H,12,13). The molecular formula is C40H41BrN2O9. The first kappa shape index (κ1) is 38.0. The molecule has 0 bridgehead atoms. The van der Waals surface area contributed by atoms with E-state index in [9.17, 15) is 24.5 Å². The van der Waals surface area contributed by atoms with Gasteiger partial charge in [-0.15, -0.1) is 0 Å². The third-order valence-electron chi connectivity index (χ3n) is 9.08. The van der Waals surface area contributed by atoms with Crippen LogP contribution in [0.3, 0.4) is 0 Å². The second-order valence-electron chi connectivity index (χ2n) is 13.8. The van der Waals surface area contributed by atoms with Crippen LogP contribution in [0.2, 0.25) is 0 Å². The van der Waals surface area contributed by atoms with Gasteiger partial charge in [0, 0.05) is 22.5 Å². The zero-order chi connectivity index (χ0) is 37.6. The van der Waals surface area contributed by atoms with E-state index in [2.05, 4.69) is 27.3 Å². The van der Waals surface area contributed by atoms with Gasteiger partial charge in [0.1, 0.15) is 16.9 Å². The maximum atomic E-state index is 12.9. The number of carbonyl (C=O) groups is 3. The van der Waals surface area contributed by atoms with Crippen molar-refractivity contribution >= 4 is 39.6 Å². The number of esters is 1. The van der Waals surface area contributed by atoms with E-state index in [1.54, 1.807) is 45.0 Å². The van der Waals surface area contributed by atoms with Crippen LogP contribution in [-0.4, -0.2) is 46.3 Å². The van der Waals surface area contributed by atoms with Gasteiger partial charge in [-0.1, -0.05) is 76.6 Å². The molecule has 4 aromatic rings. The summed E-state index contributed by atoms with van der Waals surface area (Å²) in [5.74, 6) is -0.963. The molecule has 2 aliphatic rings. The largest absolute Gasteiger partial charge is 0.481 e. The van der Waals surface area contributed by atoms with Crippen molar-refractivity contribution in [3.8, 4) is 22.6 Å². The number of nitro groups is 1. The van der Waals surface area contributed by atoms with Crippen molar-refractivity contribution in [3.05, 3.63) is 122 Å². The van der Waals surface area contributed by atoms with E-state index in [0.29, 0.717) is 30.6 Å². The van der Waals surface area contributed by atoms with Crippen molar-refractivity contribution < 1.29 is 38.6 Å². The van der Waals surface area contributed by atoms with Crippen molar-refractivity contribution in [1.82, 2.24) is 5.32 Å². The van der Waals surface area contributed by atoms with Crippen LogP contribution in [0.25, 0.3) is 11.1 Å². The van der Waals surface area contributed by atoms with Crippen LogP contribution in [0.5, 0.6) is 11.5 Å². The first-order valence-electron chi connectivity index (χ1n) is 16.9. The molecule has 4 aromatic carbocycles. The monoisotopic (exact) mass is 772 g/mol. The van der Waals surface area contributed by atoms with E-state index in [-0.39, 0.29) is 23.8 Å². The van der Waals surface area contributed by atoms with Gasteiger partial charge in [0.25, 0.3) is 0 Å². The van der Waals surface area contributed by atoms with Crippen LogP contribution in [0.1, 0.15) is 55.9 Å². The Bertz CT molecular complexity index is 1990. The van der Waals surface area contributed by atoms with E-state index in [0.717, 1.165) is 34.0 Å². The Balaban J connectivity index is 0.000000335. The van der Waals surface area contributed by atoms with Crippen LogP contribution in [0, 0.1) is 16.0 Å². The molecule has 0 saturated heterocycles. The number of aryl methyl sites for hydroxylation is 2. The van der Waals surface area contributed by atoms with E-state index in [1.165, 1.54) is 24.3 Å². The maximum Gasteiger partial charge on any atom is 0.408 e. The minimum atomic E-state index is -1.33. The number of nitrogens with one attached hydrogen (secondary N) is 1. The number of benzene rings is 4. The molecule has 0 fully saturated rings. The molecule has 0 heterocycles. The molecule has 0 aromatic heterocycles. The van der Waals surface area contributed by atoms with Crippen LogP contribution in [0.4, 0.5) is 10.5 Å². The Kier molecular flexibility index (Phi) is 11.7. The first-order valence-corrected chi connectivity index (χ1v) is 17.7. The van der Waals surface area contributed by atoms with Gasteiger partial charge >= 0.3 is 23.7 Å². The summed E-state index contributed by atoms with van der Waals surface area (Å²) in [4.78, 5) is 47.8. The highest BCUT2D eigenvalue weighted by atomic mass is 79.9. The Hall–Kier alpha value is -5.23. The number of nitro benzene ring substituents is 1. The molecular weight excluding hydrogens is 732 g/mol. The number of rotatable bonds is 7. The van der Waals surface area contributed by atoms with Gasteiger partial charge in [-0.25, -0.2) is 9.59 Å². The van der Waals surface area contributed by atoms with Gasteiger partial charge in [0.2, 0.25) is 5.75 Å². The number of methoxy groups -OCH3 is 1. The van der Waals surface area contributed by atoms with Gasteiger partial charge in [0.15, 0.2) is 0 Å². The molecule has 1 amide bonds. The van der Waals surface area contributed by atoms with Crippen molar-refractivity contribution in [1.29, 1.82) is 0 Å². The van der Waals surface area contributed by atoms with Crippen LogP contribution in [0.15, 0.2) is 89.4 Å². The molecule has 2 N–H and O–H groups in total. The van der Waals surface area contributed by atoms with E-state index < -0.39 is 34.1 Å². The number of ether oxygens (including phenoxy) is 3. The Labute approximate surface area is 310 Å². The fraction of sp³-hybridized carbons (Fsp3) is 0.325. The van der Waals surface area contributed by atoms with Crippen molar-refractivity contribution in [2.75, 3.05) is 7.11 Å². The third kappa shape index (κ3) is 8.97. The van der Waals surface area contributed by atoms with Crippen LogP contribution in [-0.2, 0) is 44.7 Å². The summed E-state index contributed by atoms with van der Waals surface area (Å²) in [6.45, 7) is 5.21. The lowest BCUT2D eigenvalue weighted by Crippen LogP contribution is -2.59. The number of hydrogen-bond acceptors (Lipinski definition) is 8. The molecule has 272 valence electrons. The molecule has 0 saturated carbocycles. The summed E-state index contributed by atoms with van der Waals surface area (Å²) in [6, 6.07) is 25.6. The highest BCUT2D eigenvalue weighted by molar-refractivity contribution is 9.10. The van der Waals surface area contributed by atoms with E-state index in [4.69, 9.17) is 19.3 Å².